The average molecular weight is 422 g/mol. The van der Waals surface area contributed by atoms with Gasteiger partial charge in [0.15, 0.2) is 5.82 Å². The molecule has 3 heterocycles. The molecular weight excluding hydrogens is 398 g/mol. The zero-order chi connectivity index (χ0) is 22.1. The fraction of sp³-hybridized carbons (Fsp3) is 0.154. The largest absolute Gasteiger partial charge is 0.364 e. The fourth-order valence-corrected chi connectivity index (χ4v) is 3.80. The molecule has 0 atom stereocenters. The zero-order valence-corrected chi connectivity index (χ0v) is 18.0. The molecule has 1 aliphatic rings. The van der Waals surface area contributed by atoms with Crippen molar-refractivity contribution in [3.05, 3.63) is 95.5 Å². The second-order valence-electron chi connectivity index (χ2n) is 8.04. The van der Waals surface area contributed by atoms with Crippen LogP contribution in [-0.4, -0.2) is 37.2 Å². The van der Waals surface area contributed by atoms with Crippen molar-refractivity contribution in [2.75, 3.05) is 6.54 Å². The molecule has 0 amide bonds. The summed E-state index contributed by atoms with van der Waals surface area (Å²) < 4.78 is 0. The number of H-pyrrole nitrogens is 1. The number of aromatic amines is 1. The van der Waals surface area contributed by atoms with Gasteiger partial charge in [-0.15, -0.1) is 0 Å². The van der Waals surface area contributed by atoms with Crippen LogP contribution in [0.1, 0.15) is 33.1 Å². The Labute approximate surface area is 186 Å². The molecule has 4 aromatic rings. The number of carbonyl (C=O) groups is 1. The zero-order valence-electron chi connectivity index (χ0n) is 18.0. The molecule has 2 aromatic heterocycles. The number of fused-ring (bicyclic) bond motifs is 1. The number of imidazole rings is 1. The van der Waals surface area contributed by atoms with Gasteiger partial charge >= 0.3 is 0 Å². The highest BCUT2D eigenvalue weighted by Gasteiger charge is 2.19. The lowest BCUT2D eigenvalue weighted by Crippen LogP contribution is -2.27. The molecule has 32 heavy (non-hydrogen) atoms. The fourth-order valence-electron chi connectivity index (χ4n) is 3.80. The Morgan fingerprint density at radius 3 is 2.44 bits per heavy atom. The van der Waals surface area contributed by atoms with Gasteiger partial charge in [-0.25, -0.2) is 15.0 Å². The summed E-state index contributed by atoms with van der Waals surface area (Å²) in [6.07, 6.45) is 6.99. The molecule has 2 aromatic carbocycles. The van der Waals surface area contributed by atoms with Crippen LogP contribution in [-0.2, 0) is 6.54 Å². The molecule has 158 valence electrons. The third-order valence-electron chi connectivity index (χ3n) is 5.78. The first-order valence-corrected chi connectivity index (χ1v) is 10.6. The quantitative estimate of drug-likeness (QED) is 0.468. The number of carbonyl (C=O) groups excluding carboxylic acids is 1. The number of nitrogens with zero attached hydrogens (tertiary/aromatic N) is 4. The molecule has 6 heteroatoms. The molecule has 1 aliphatic heterocycles. The Bertz CT molecular complexity index is 1310. The maximum absolute atomic E-state index is 12.4. The summed E-state index contributed by atoms with van der Waals surface area (Å²) >= 11 is 0. The number of aryl methyl sites for hydroxylation is 2. The monoisotopic (exact) mass is 421 g/mol. The molecule has 5 rings (SSSR count). The van der Waals surface area contributed by atoms with E-state index in [1.54, 1.807) is 18.5 Å². The smallest absolute Gasteiger partial charge is 0.219 e. The van der Waals surface area contributed by atoms with Gasteiger partial charge in [-0.05, 0) is 48.2 Å². The van der Waals surface area contributed by atoms with Gasteiger partial charge in [0, 0.05) is 24.2 Å². The van der Waals surface area contributed by atoms with Crippen LogP contribution in [0.3, 0.4) is 0 Å². The van der Waals surface area contributed by atoms with E-state index in [0.717, 1.165) is 22.8 Å². The predicted octanol–water partition coefficient (Wildman–Crippen LogP) is 4.82. The lowest BCUT2D eigenvalue weighted by molar-refractivity contribution is 0.0942. The minimum atomic E-state index is -0.111. The van der Waals surface area contributed by atoms with E-state index in [-0.39, 0.29) is 18.2 Å². The number of ketones is 1. The molecule has 0 unspecified atom stereocenters. The van der Waals surface area contributed by atoms with Crippen molar-refractivity contribution in [2.24, 2.45) is 0 Å². The van der Waals surface area contributed by atoms with Gasteiger partial charge in [0.05, 0.1) is 24.5 Å². The summed E-state index contributed by atoms with van der Waals surface area (Å²) in [6.45, 7) is 5.07. The maximum Gasteiger partial charge on any atom is 0.219 e. The molecule has 0 saturated heterocycles. The Morgan fingerprint density at radius 2 is 1.69 bits per heavy atom. The van der Waals surface area contributed by atoms with E-state index >= 15 is 0 Å². The lowest BCUT2D eigenvalue weighted by Gasteiger charge is -2.21. The highest BCUT2D eigenvalue weighted by atomic mass is 16.1. The van der Waals surface area contributed by atoms with E-state index in [0.29, 0.717) is 6.54 Å². The van der Waals surface area contributed by atoms with Crippen LogP contribution < -0.4 is 0 Å². The van der Waals surface area contributed by atoms with Gasteiger partial charge in [-0.2, -0.15) is 0 Å². The van der Waals surface area contributed by atoms with Crippen LogP contribution in [0.4, 0.5) is 0 Å². The SMILES string of the molecule is Cc1ccc(-c2ccc(-c3nc4c([nH]3)CN(CC(=O)c3ncccn3)C=C4)cc2)cc1C. The first-order valence-electron chi connectivity index (χ1n) is 10.6. The highest BCUT2D eigenvalue weighted by molar-refractivity contribution is 5.94. The van der Waals surface area contributed by atoms with Crippen LogP contribution >= 0.6 is 0 Å². The second kappa shape index (κ2) is 8.23. The summed E-state index contributed by atoms with van der Waals surface area (Å²) in [4.78, 5) is 30.6. The minimum absolute atomic E-state index is 0.111. The Morgan fingerprint density at radius 1 is 0.969 bits per heavy atom. The average Bonchev–Trinajstić information content (AvgIpc) is 3.25. The number of benzene rings is 2. The Balaban J connectivity index is 1.31. The number of aromatic nitrogens is 4. The van der Waals surface area contributed by atoms with E-state index in [1.165, 1.54) is 22.3 Å². The second-order valence-corrected chi connectivity index (χ2v) is 8.04. The molecule has 0 aliphatic carbocycles. The van der Waals surface area contributed by atoms with E-state index in [4.69, 9.17) is 4.98 Å². The third kappa shape index (κ3) is 3.95. The van der Waals surface area contributed by atoms with E-state index in [2.05, 4.69) is 71.3 Å². The summed E-state index contributed by atoms with van der Waals surface area (Å²) in [6, 6.07) is 16.7. The first kappa shape index (κ1) is 19.9. The van der Waals surface area contributed by atoms with E-state index in [1.807, 2.05) is 17.2 Å². The number of Topliss-reactive ketones (excluding diaryl/α,β-unsaturated/α-hetero) is 1. The Kier molecular flexibility index (Phi) is 5.11. The summed E-state index contributed by atoms with van der Waals surface area (Å²) in [5, 5.41) is 0. The van der Waals surface area contributed by atoms with Crippen molar-refractivity contribution in [1.82, 2.24) is 24.8 Å². The molecule has 0 spiro atoms. The van der Waals surface area contributed by atoms with E-state index in [9.17, 15) is 4.79 Å². The van der Waals surface area contributed by atoms with Crippen LogP contribution in [0, 0.1) is 13.8 Å². The summed E-state index contributed by atoms with van der Waals surface area (Å²) in [7, 11) is 0. The van der Waals surface area contributed by atoms with Gasteiger partial charge in [-0.1, -0.05) is 42.5 Å². The van der Waals surface area contributed by atoms with Crippen LogP contribution in [0.2, 0.25) is 0 Å². The molecule has 6 nitrogen and oxygen atoms in total. The van der Waals surface area contributed by atoms with Gasteiger partial charge in [0.25, 0.3) is 0 Å². The summed E-state index contributed by atoms with van der Waals surface area (Å²) in [5.74, 6) is 0.951. The molecule has 0 radical (unpaired) electrons. The predicted molar refractivity (Wildman–Crippen MR) is 125 cm³/mol. The topological polar surface area (TPSA) is 74.8 Å². The van der Waals surface area contributed by atoms with Gasteiger partial charge in [-0.3, -0.25) is 4.79 Å². The van der Waals surface area contributed by atoms with Gasteiger partial charge < -0.3 is 9.88 Å². The normalized spacial score (nSPS) is 12.6. The Hall–Kier alpha value is -4.06. The molecular formula is C26H23N5O. The van der Waals surface area contributed by atoms with Crippen LogP contribution in [0.5, 0.6) is 0 Å². The standard InChI is InChI=1S/C26H23N5O/c1-17-4-5-21(14-18(17)2)19-6-8-20(9-7-19)25-29-22-10-13-31(15-23(22)30-25)16-24(32)26-27-11-3-12-28-26/h3-14H,15-16H2,1-2H3,(H,29,30). The maximum atomic E-state index is 12.4. The highest BCUT2D eigenvalue weighted by Crippen LogP contribution is 2.27. The van der Waals surface area contributed by atoms with Gasteiger partial charge in [0.2, 0.25) is 5.78 Å². The van der Waals surface area contributed by atoms with Crippen LogP contribution in [0.15, 0.2) is 67.1 Å². The molecule has 1 N–H and O–H groups in total. The van der Waals surface area contributed by atoms with E-state index < -0.39 is 0 Å². The van der Waals surface area contributed by atoms with Crippen molar-refractivity contribution in [1.29, 1.82) is 0 Å². The van der Waals surface area contributed by atoms with Crippen molar-refractivity contribution < 1.29 is 4.79 Å². The molecule has 0 saturated carbocycles. The number of nitrogens with one attached hydrogen (secondary N) is 1. The third-order valence-corrected chi connectivity index (χ3v) is 5.78. The number of hydrogen-bond acceptors (Lipinski definition) is 5. The molecule has 0 bridgehead atoms. The minimum Gasteiger partial charge on any atom is -0.364 e. The van der Waals surface area contributed by atoms with Crippen molar-refractivity contribution in [3.63, 3.8) is 0 Å². The van der Waals surface area contributed by atoms with Crippen molar-refractivity contribution >= 4 is 11.9 Å². The summed E-state index contributed by atoms with van der Waals surface area (Å²) in [5.41, 5.74) is 7.90. The lowest BCUT2D eigenvalue weighted by atomic mass is 9.99. The van der Waals surface area contributed by atoms with Crippen molar-refractivity contribution in [2.45, 2.75) is 20.4 Å². The van der Waals surface area contributed by atoms with Crippen molar-refractivity contribution in [3.8, 4) is 22.5 Å². The first-order chi connectivity index (χ1) is 15.6. The van der Waals surface area contributed by atoms with Crippen LogP contribution in [0.25, 0.3) is 28.6 Å². The molecule has 0 fully saturated rings. The number of rotatable bonds is 5. The number of hydrogen-bond donors (Lipinski definition) is 1. The van der Waals surface area contributed by atoms with Gasteiger partial charge in [0.1, 0.15) is 5.82 Å².